The number of rotatable bonds is 7. The van der Waals surface area contributed by atoms with Crippen LogP contribution in [0.2, 0.25) is 0 Å². The zero-order valence-electron chi connectivity index (χ0n) is 20.6. The van der Waals surface area contributed by atoms with Crippen molar-refractivity contribution in [3.05, 3.63) is 72.1 Å². The van der Waals surface area contributed by atoms with Crippen LogP contribution in [-0.4, -0.2) is 45.2 Å². The lowest BCUT2D eigenvalue weighted by Gasteiger charge is -2.16. The topological polar surface area (TPSA) is 84.3 Å². The number of aromatic nitrogens is 4. The summed E-state index contributed by atoms with van der Waals surface area (Å²) in [5.74, 6) is 2.57. The van der Waals surface area contributed by atoms with Crippen molar-refractivity contribution in [2.45, 2.75) is 30.8 Å². The predicted octanol–water partition coefficient (Wildman–Crippen LogP) is 5.81. The summed E-state index contributed by atoms with van der Waals surface area (Å²) in [7, 11) is 3.22. The first-order chi connectivity index (χ1) is 18.2. The van der Waals surface area contributed by atoms with Crippen molar-refractivity contribution in [1.29, 1.82) is 0 Å². The molecule has 1 aliphatic carbocycles. The van der Waals surface area contributed by atoms with Crippen LogP contribution in [0.15, 0.2) is 70.4 Å². The van der Waals surface area contributed by atoms with Crippen LogP contribution in [-0.2, 0) is 12.8 Å². The molecule has 0 saturated heterocycles. The number of furan rings is 1. The van der Waals surface area contributed by atoms with Gasteiger partial charge in [-0.25, -0.2) is 0 Å². The minimum Gasteiger partial charge on any atom is -0.497 e. The minimum absolute atomic E-state index is 0.0241. The molecule has 8 nitrogen and oxygen atoms in total. The van der Waals surface area contributed by atoms with E-state index in [-0.39, 0.29) is 11.7 Å². The van der Waals surface area contributed by atoms with Gasteiger partial charge in [-0.3, -0.25) is 13.9 Å². The maximum Gasteiger partial charge on any atom is 0.241 e. The maximum atomic E-state index is 13.7. The molecular formula is C28H26N4O4S. The molecule has 3 heterocycles. The number of benzene rings is 2. The van der Waals surface area contributed by atoms with Crippen LogP contribution in [0, 0.1) is 0 Å². The molecule has 0 bridgehead atoms. The third-order valence-corrected chi connectivity index (χ3v) is 7.67. The SMILES string of the molecule is COc1ccc(OC)c(-n2c(SCC(=O)n3c4c(c5ccccc53)CCCC4)nnc2-c2ccco2)c1. The van der Waals surface area contributed by atoms with Gasteiger partial charge < -0.3 is 13.9 Å². The molecule has 1 aliphatic rings. The van der Waals surface area contributed by atoms with Crippen molar-refractivity contribution in [2.75, 3.05) is 20.0 Å². The average Bonchev–Trinajstić information content (AvgIpc) is 3.69. The van der Waals surface area contributed by atoms with Gasteiger partial charge in [0.15, 0.2) is 10.9 Å². The number of para-hydroxylation sites is 1. The summed E-state index contributed by atoms with van der Waals surface area (Å²) in [6.07, 6.45) is 5.78. The molecule has 0 N–H and O–H groups in total. The Bertz CT molecular complexity index is 1590. The fraction of sp³-hybridized carbons (Fsp3) is 0.250. The van der Waals surface area contributed by atoms with E-state index in [0.717, 1.165) is 36.9 Å². The van der Waals surface area contributed by atoms with Crippen molar-refractivity contribution in [3.8, 4) is 28.8 Å². The monoisotopic (exact) mass is 514 g/mol. The van der Waals surface area contributed by atoms with Gasteiger partial charge in [0.2, 0.25) is 11.7 Å². The first kappa shape index (κ1) is 23.4. The predicted molar refractivity (Wildman–Crippen MR) is 142 cm³/mol. The number of hydrogen-bond donors (Lipinski definition) is 0. The number of aryl methyl sites for hydroxylation is 1. The van der Waals surface area contributed by atoms with Gasteiger partial charge in [0.25, 0.3) is 0 Å². The van der Waals surface area contributed by atoms with Crippen molar-refractivity contribution >= 4 is 28.6 Å². The Hall–Kier alpha value is -3.98. The molecule has 2 aromatic carbocycles. The van der Waals surface area contributed by atoms with Crippen LogP contribution in [0.25, 0.3) is 28.2 Å². The summed E-state index contributed by atoms with van der Waals surface area (Å²) < 4.78 is 20.5. The first-order valence-corrected chi connectivity index (χ1v) is 13.2. The number of carbonyl (C=O) groups is 1. The molecule has 0 unspecified atom stereocenters. The van der Waals surface area contributed by atoms with E-state index in [4.69, 9.17) is 13.9 Å². The van der Waals surface area contributed by atoms with Crippen LogP contribution in [0.5, 0.6) is 11.5 Å². The number of methoxy groups -OCH3 is 2. The lowest BCUT2D eigenvalue weighted by molar-refractivity contribution is 0.0943. The van der Waals surface area contributed by atoms with Gasteiger partial charge in [-0.1, -0.05) is 30.0 Å². The van der Waals surface area contributed by atoms with E-state index in [2.05, 4.69) is 16.3 Å². The summed E-state index contributed by atoms with van der Waals surface area (Å²) >= 11 is 1.34. The molecule has 0 fully saturated rings. The first-order valence-electron chi connectivity index (χ1n) is 12.2. The van der Waals surface area contributed by atoms with E-state index >= 15 is 0 Å². The molecule has 0 saturated carbocycles. The second kappa shape index (κ2) is 9.82. The molecule has 37 heavy (non-hydrogen) atoms. The standard InChI is InChI=1S/C28H26N4O4S/c1-34-18-13-14-24(35-2)23(16-18)32-27(25-12-7-15-36-25)29-30-28(32)37-17-26(33)31-21-10-5-3-8-19(21)20-9-4-6-11-22(20)31/h3,5,7-8,10,12-16H,4,6,9,11,17H2,1-2H3. The Morgan fingerprint density at radius 2 is 1.89 bits per heavy atom. The van der Waals surface area contributed by atoms with Crippen LogP contribution in [0.4, 0.5) is 0 Å². The lowest BCUT2D eigenvalue weighted by Crippen LogP contribution is -2.18. The largest absolute Gasteiger partial charge is 0.497 e. The highest BCUT2D eigenvalue weighted by Crippen LogP contribution is 2.36. The molecule has 6 rings (SSSR count). The minimum atomic E-state index is 0.0241. The van der Waals surface area contributed by atoms with E-state index in [1.165, 1.54) is 22.7 Å². The fourth-order valence-corrected chi connectivity index (χ4v) is 5.88. The number of hydrogen-bond acceptors (Lipinski definition) is 7. The molecule has 0 radical (unpaired) electrons. The van der Waals surface area contributed by atoms with Crippen molar-refractivity contribution in [3.63, 3.8) is 0 Å². The summed E-state index contributed by atoms with van der Waals surface area (Å²) in [5, 5.41) is 10.6. The number of thioether (sulfide) groups is 1. The zero-order chi connectivity index (χ0) is 25.4. The highest BCUT2D eigenvalue weighted by atomic mass is 32.2. The second-order valence-electron chi connectivity index (χ2n) is 8.82. The van der Waals surface area contributed by atoms with E-state index < -0.39 is 0 Å². The second-order valence-corrected chi connectivity index (χ2v) is 9.77. The molecular weight excluding hydrogens is 488 g/mol. The Kier molecular flexibility index (Phi) is 6.21. The van der Waals surface area contributed by atoms with E-state index in [9.17, 15) is 4.79 Å². The van der Waals surface area contributed by atoms with E-state index in [1.807, 2.05) is 51.6 Å². The Morgan fingerprint density at radius 3 is 2.70 bits per heavy atom. The Balaban J connectivity index is 1.39. The molecule has 3 aromatic heterocycles. The van der Waals surface area contributed by atoms with Gasteiger partial charge >= 0.3 is 0 Å². The van der Waals surface area contributed by atoms with Crippen LogP contribution < -0.4 is 9.47 Å². The average molecular weight is 515 g/mol. The summed E-state index contributed by atoms with van der Waals surface area (Å²) in [4.78, 5) is 13.7. The molecule has 0 atom stereocenters. The van der Waals surface area contributed by atoms with Gasteiger partial charge in [-0.05, 0) is 61.6 Å². The fourth-order valence-electron chi connectivity index (χ4n) is 5.09. The third kappa shape index (κ3) is 4.09. The van der Waals surface area contributed by atoms with Crippen LogP contribution >= 0.6 is 11.8 Å². The zero-order valence-corrected chi connectivity index (χ0v) is 21.5. The highest BCUT2D eigenvalue weighted by Gasteiger charge is 2.25. The molecule has 0 spiro atoms. The van der Waals surface area contributed by atoms with Gasteiger partial charge in [0, 0.05) is 17.1 Å². The van der Waals surface area contributed by atoms with Crippen molar-refractivity contribution in [2.24, 2.45) is 0 Å². The number of carbonyl (C=O) groups excluding carboxylic acids is 1. The smallest absolute Gasteiger partial charge is 0.241 e. The van der Waals surface area contributed by atoms with Crippen molar-refractivity contribution < 1.29 is 18.7 Å². The summed E-state index contributed by atoms with van der Waals surface area (Å²) in [5.41, 5.74) is 4.12. The molecule has 5 aromatic rings. The van der Waals surface area contributed by atoms with Gasteiger partial charge in [0.05, 0.1) is 37.4 Å². The van der Waals surface area contributed by atoms with Crippen LogP contribution in [0.3, 0.4) is 0 Å². The Labute approximate surface area is 218 Å². The highest BCUT2D eigenvalue weighted by molar-refractivity contribution is 7.99. The van der Waals surface area contributed by atoms with Crippen LogP contribution in [0.1, 0.15) is 28.9 Å². The number of fused-ring (bicyclic) bond motifs is 3. The maximum absolute atomic E-state index is 13.7. The molecule has 0 amide bonds. The summed E-state index contributed by atoms with van der Waals surface area (Å²) in [6.45, 7) is 0. The molecule has 0 aliphatic heterocycles. The number of ether oxygens (including phenoxy) is 2. The van der Waals surface area contributed by atoms with Gasteiger partial charge in [-0.2, -0.15) is 0 Å². The third-order valence-electron chi connectivity index (χ3n) is 6.75. The van der Waals surface area contributed by atoms with E-state index in [0.29, 0.717) is 33.9 Å². The van der Waals surface area contributed by atoms with Gasteiger partial charge in [0.1, 0.15) is 11.5 Å². The normalized spacial score (nSPS) is 13.0. The van der Waals surface area contributed by atoms with E-state index in [1.54, 1.807) is 26.5 Å². The number of nitrogens with zero attached hydrogens (tertiary/aromatic N) is 4. The molecule has 188 valence electrons. The molecule has 9 heteroatoms. The Morgan fingerprint density at radius 1 is 1.03 bits per heavy atom. The summed E-state index contributed by atoms with van der Waals surface area (Å²) in [6, 6.07) is 17.3. The van der Waals surface area contributed by atoms with Gasteiger partial charge in [-0.15, -0.1) is 10.2 Å². The lowest BCUT2D eigenvalue weighted by atomic mass is 9.96. The van der Waals surface area contributed by atoms with Crippen molar-refractivity contribution in [1.82, 2.24) is 19.3 Å². The quantitative estimate of drug-likeness (QED) is 0.253.